The molecular formula is C18H18N2O3. The molecule has 2 heterocycles. The maximum atomic E-state index is 12.1. The van der Waals surface area contributed by atoms with Gasteiger partial charge in [0.25, 0.3) is 0 Å². The number of nitrogens with one attached hydrogen (secondary N) is 1. The summed E-state index contributed by atoms with van der Waals surface area (Å²) >= 11 is 0. The Hall–Kier alpha value is -2.56. The van der Waals surface area contributed by atoms with E-state index in [1.807, 2.05) is 30.6 Å². The van der Waals surface area contributed by atoms with E-state index in [-0.39, 0.29) is 12.7 Å². The van der Waals surface area contributed by atoms with Gasteiger partial charge < -0.3 is 14.8 Å². The highest BCUT2D eigenvalue weighted by Gasteiger charge is 2.23. The van der Waals surface area contributed by atoms with Gasteiger partial charge in [0, 0.05) is 18.9 Å². The molecule has 1 aliphatic heterocycles. The van der Waals surface area contributed by atoms with Crippen LogP contribution in [0.25, 0.3) is 0 Å². The number of carbonyl (C=O) groups is 1. The monoisotopic (exact) mass is 310 g/mol. The van der Waals surface area contributed by atoms with Gasteiger partial charge in [-0.25, -0.2) is 0 Å². The molecule has 1 aromatic heterocycles. The van der Waals surface area contributed by atoms with Gasteiger partial charge in [0.15, 0.2) is 11.5 Å². The second kappa shape index (κ2) is 5.91. The minimum Gasteiger partial charge on any atom is -0.454 e. The summed E-state index contributed by atoms with van der Waals surface area (Å²) in [6, 6.07) is 7.74. The molecule has 2 aliphatic rings. The Morgan fingerprint density at radius 1 is 1.13 bits per heavy atom. The van der Waals surface area contributed by atoms with Gasteiger partial charge in [0.2, 0.25) is 12.7 Å². The fourth-order valence-electron chi connectivity index (χ4n) is 2.74. The van der Waals surface area contributed by atoms with Gasteiger partial charge >= 0.3 is 0 Å². The van der Waals surface area contributed by atoms with Crippen molar-refractivity contribution < 1.29 is 14.3 Å². The standard InChI is InChI=1S/C18H18N2O3/c21-18(7-12-1-4-16-17(6-12)23-11-22-16)20-9-13-5-15(10-19-8-13)14-2-3-14/h1,4-6,8,10,14H,2-3,7,9,11H2,(H,20,21). The fraction of sp³-hybridized carbons (Fsp3) is 0.333. The smallest absolute Gasteiger partial charge is 0.231 e. The van der Waals surface area contributed by atoms with Crippen molar-refractivity contribution >= 4 is 5.91 Å². The molecule has 1 aromatic carbocycles. The van der Waals surface area contributed by atoms with Crippen molar-refractivity contribution in [3.05, 3.63) is 53.3 Å². The molecule has 0 bridgehead atoms. The van der Waals surface area contributed by atoms with Crippen molar-refractivity contribution in [3.63, 3.8) is 0 Å². The number of aromatic nitrogens is 1. The van der Waals surface area contributed by atoms with Crippen LogP contribution >= 0.6 is 0 Å². The first kappa shape index (κ1) is 14.1. The van der Waals surface area contributed by atoms with Crippen LogP contribution < -0.4 is 14.8 Å². The number of hydrogen-bond acceptors (Lipinski definition) is 4. The van der Waals surface area contributed by atoms with Crippen LogP contribution in [-0.2, 0) is 17.8 Å². The molecule has 1 saturated carbocycles. The third-order valence-electron chi connectivity index (χ3n) is 4.16. The van der Waals surface area contributed by atoms with Gasteiger partial charge in [-0.3, -0.25) is 9.78 Å². The first-order valence-electron chi connectivity index (χ1n) is 7.87. The molecule has 1 aliphatic carbocycles. The molecule has 4 rings (SSSR count). The molecule has 23 heavy (non-hydrogen) atoms. The molecule has 5 heteroatoms. The van der Waals surface area contributed by atoms with Gasteiger partial charge in [-0.15, -0.1) is 0 Å². The van der Waals surface area contributed by atoms with Gasteiger partial charge in [-0.1, -0.05) is 12.1 Å². The van der Waals surface area contributed by atoms with Crippen LogP contribution in [0.5, 0.6) is 11.5 Å². The Morgan fingerprint density at radius 3 is 2.87 bits per heavy atom. The number of hydrogen-bond donors (Lipinski definition) is 1. The number of pyridine rings is 1. The van der Waals surface area contributed by atoms with Crippen LogP contribution in [0.3, 0.4) is 0 Å². The van der Waals surface area contributed by atoms with Crippen molar-refractivity contribution in [2.75, 3.05) is 6.79 Å². The second-order valence-corrected chi connectivity index (χ2v) is 6.04. The van der Waals surface area contributed by atoms with E-state index in [0.717, 1.165) is 16.9 Å². The van der Waals surface area contributed by atoms with Gasteiger partial charge in [0.1, 0.15) is 0 Å². The predicted octanol–water partition coefficient (Wildman–Crippen LogP) is 2.55. The highest BCUT2D eigenvalue weighted by atomic mass is 16.7. The van der Waals surface area contributed by atoms with Crippen LogP contribution in [0, 0.1) is 0 Å². The summed E-state index contributed by atoms with van der Waals surface area (Å²) < 4.78 is 10.6. The largest absolute Gasteiger partial charge is 0.454 e. The summed E-state index contributed by atoms with van der Waals surface area (Å²) in [4.78, 5) is 16.4. The van der Waals surface area contributed by atoms with Crippen molar-refractivity contribution in [1.29, 1.82) is 0 Å². The highest BCUT2D eigenvalue weighted by Crippen LogP contribution is 2.39. The summed E-state index contributed by atoms with van der Waals surface area (Å²) in [7, 11) is 0. The van der Waals surface area contributed by atoms with E-state index in [9.17, 15) is 4.79 Å². The summed E-state index contributed by atoms with van der Waals surface area (Å²) in [5, 5.41) is 2.95. The first-order chi connectivity index (χ1) is 11.3. The molecule has 1 amide bonds. The van der Waals surface area contributed by atoms with E-state index in [4.69, 9.17) is 9.47 Å². The van der Waals surface area contributed by atoms with Gasteiger partial charge in [0.05, 0.1) is 6.42 Å². The van der Waals surface area contributed by atoms with E-state index in [2.05, 4.69) is 16.4 Å². The number of ether oxygens (including phenoxy) is 2. The third-order valence-corrected chi connectivity index (χ3v) is 4.16. The van der Waals surface area contributed by atoms with E-state index in [0.29, 0.717) is 24.6 Å². The molecular weight excluding hydrogens is 292 g/mol. The average Bonchev–Trinajstić information content (AvgIpc) is 3.32. The molecule has 0 unspecified atom stereocenters. The highest BCUT2D eigenvalue weighted by molar-refractivity contribution is 5.78. The normalized spacial score (nSPS) is 15.5. The molecule has 118 valence electrons. The van der Waals surface area contributed by atoms with E-state index < -0.39 is 0 Å². The quantitative estimate of drug-likeness (QED) is 0.922. The lowest BCUT2D eigenvalue weighted by molar-refractivity contribution is -0.120. The summed E-state index contributed by atoms with van der Waals surface area (Å²) in [6.45, 7) is 0.756. The van der Waals surface area contributed by atoms with E-state index >= 15 is 0 Å². The van der Waals surface area contributed by atoms with Crippen molar-refractivity contribution in [1.82, 2.24) is 10.3 Å². The molecule has 0 radical (unpaired) electrons. The Labute approximate surface area is 134 Å². The maximum absolute atomic E-state index is 12.1. The molecule has 0 atom stereocenters. The second-order valence-electron chi connectivity index (χ2n) is 6.04. The molecule has 0 saturated heterocycles. The lowest BCUT2D eigenvalue weighted by atomic mass is 10.1. The molecule has 1 N–H and O–H groups in total. The Balaban J connectivity index is 1.34. The number of benzene rings is 1. The average molecular weight is 310 g/mol. The minimum absolute atomic E-state index is 0.0132. The fourth-order valence-corrected chi connectivity index (χ4v) is 2.74. The van der Waals surface area contributed by atoms with Crippen LogP contribution in [0.2, 0.25) is 0 Å². The lowest BCUT2D eigenvalue weighted by Gasteiger charge is -2.07. The number of nitrogens with zero attached hydrogens (tertiary/aromatic N) is 1. The van der Waals surface area contributed by atoms with Crippen molar-refractivity contribution in [2.24, 2.45) is 0 Å². The van der Waals surface area contributed by atoms with Crippen LogP contribution in [0.4, 0.5) is 0 Å². The van der Waals surface area contributed by atoms with Crippen LogP contribution in [0.1, 0.15) is 35.4 Å². The number of rotatable bonds is 5. The Morgan fingerprint density at radius 2 is 2.00 bits per heavy atom. The minimum atomic E-state index is -0.0132. The van der Waals surface area contributed by atoms with E-state index in [1.54, 1.807) is 0 Å². The summed E-state index contributed by atoms with van der Waals surface area (Å²) in [5.41, 5.74) is 3.25. The zero-order chi connectivity index (χ0) is 15.6. The molecule has 5 nitrogen and oxygen atoms in total. The van der Waals surface area contributed by atoms with Gasteiger partial charge in [-0.2, -0.15) is 0 Å². The van der Waals surface area contributed by atoms with Crippen LogP contribution in [0.15, 0.2) is 36.7 Å². The molecule has 1 fully saturated rings. The third kappa shape index (κ3) is 3.28. The lowest BCUT2D eigenvalue weighted by Crippen LogP contribution is -2.24. The number of fused-ring (bicyclic) bond motifs is 1. The molecule has 2 aromatic rings. The predicted molar refractivity (Wildman–Crippen MR) is 84.3 cm³/mol. The number of amides is 1. The Kier molecular flexibility index (Phi) is 3.61. The van der Waals surface area contributed by atoms with Crippen LogP contribution in [-0.4, -0.2) is 17.7 Å². The van der Waals surface area contributed by atoms with Gasteiger partial charge in [-0.05, 0) is 47.6 Å². The van der Waals surface area contributed by atoms with E-state index in [1.165, 1.54) is 18.4 Å². The topological polar surface area (TPSA) is 60.5 Å². The zero-order valence-electron chi connectivity index (χ0n) is 12.7. The number of carbonyl (C=O) groups excluding carboxylic acids is 1. The summed E-state index contributed by atoms with van der Waals surface area (Å²) in [5.74, 6) is 2.10. The maximum Gasteiger partial charge on any atom is 0.231 e. The van der Waals surface area contributed by atoms with Crippen molar-refractivity contribution in [3.8, 4) is 11.5 Å². The SMILES string of the molecule is O=C(Cc1ccc2c(c1)OCO2)NCc1cncc(C2CC2)c1. The molecule has 0 spiro atoms. The Bertz CT molecular complexity index is 741. The zero-order valence-corrected chi connectivity index (χ0v) is 12.7. The van der Waals surface area contributed by atoms with Crippen molar-refractivity contribution in [2.45, 2.75) is 31.7 Å². The first-order valence-corrected chi connectivity index (χ1v) is 7.87. The summed E-state index contributed by atoms with van der Waals surface area (Å²) in [6.07, 6.45) is 6.57.